The number of aromatic nitrogens is 2. The molecule has 0 aliphatic carbocycles. The SMILES string of the molecule is O=C(N[C@@H](c1ccc(Cl)c(F)c1)[C@@H]1CNCCO1)N1CCc2cnc(CC3CCOCC3)nc2C1. The van der Waals surface area contributed by atoms with Crippen molar-refractivity contribution >= 4 is 17.6 Å². The van der Waals surface area contributed by atoms with Crippen LogP contribution < -0.4 is 10.6 Å². The molecule has 0 spiro atoms. The van der Waals surface area contributed by atoms with Gasteiger partial charge in [-0.1, -0.05) is 17.7 Å². The van der Waals surface area contributed by atoms with E-state index in [2.05, 4.69) is 15.6 Å². The molecular formula is C25H31ClFN5O3. The molecule has 2 amide bonds. The lowest BCUT2D eigenvalue weighted by molar-refractivity contribution is 0.00488. The van der Waals surface area contributed by atoms with Crippen LogP contribution >= 0.6 is 11.6 Å². The molecule has 1 aromatic heterocycles. The van der Waals surface area contributed by atoms with Crippen molar-refractivity contribution in [2.45, 2.75) is 44.4 Å². The molecule has 0 bridgehead atoms. The smallest absolute Gasteiger partial charge is 0.318 e. The van der Waals surface area contributed by atoms with Gasteiger partial charge in [0.25, 0.3) is 0 Å². The fraction of sp³-hybridized carbons (Fsp3) is 0.560. The highest BCUT2D eigenvalue weighted by atomic mass is 35.5. The molecule has 0 radical (unpaired) electrons. The summed E-state index contributed by atoms with van der Waals surface area (Å²) in [6.45, 7) is 4.39. The van der Waals surface area contributed by atoms with E-state index in [1.165, 1.54) is 12.1 Å². The summed E-state index contributed by atoms with van der Waals surface area (Å²) in [6, 6.07) is 3.87. The van der Waals surface area contributed by atoms with Crippen LogP contribution in [0.3, 0.4) is 0 Å². The Morgan fingerprint density at radius 2 is 2.17 bits per heavy atom. The van der Waals surface area contributed by atoms with Gasteiger partial charge in [0.1, 0.15) is 11.6 Å². The summed E-state index contributed by atoms with van der Waals surface area (Å²) in [6.07, 6.45) is 5.17. The Morgan fingerprint density at radius 1 is 1.31 bits per heavy atom. The van der Waals surface area contributed by atoms with E-state index in [0.29, 0.717) is 44.1 Å². The van der Waals surface area contributed by atoms with Gasteiger partial charge in [-0.05, 0) is 48.4 Å². The molecule has 0 saturated carbocycles. The number of rotatable bonds is 5. The van der Waals surface area contributed by atoms with Gasteiger partial charge in [0, 0.05) is 45.5 Å². The first-order valence-electron chi connectivity index (χ1n) is 12.3. The van der Waals surface area contributed by atoms with Gasteiger partial charge >= 0.3 is 6.03 Å². The lowest BCUT2D eigenvalue weighted by Crippen LogP contribution is -2.51. The third kappa shape index (κ3) is 5.91. The van der Waals surface area contributed by atoms with Crippen molar-refractivity contribution in [3.63, 3.8) is 0 Å². The predicted octanol–water partition coefficient (Wildman–Crippen LogP) is 3.04. The number of nitrogens with zero attached hydrogens (tertiary/aromatic N) is 3. The fourth-order valence-electron chi connectivity index (χ4n) is 4.95. The van der Waals surface area contributed by atoms with E-state index in [9.17, 15) is 9.18 Å². The third-order valence-corrected chi connectivity index (χ3v) is 7.31. The Bertz CT molecular complexity index is 1050. The molecule has 2 aromatic rings. The highest BCUT2D eigenvalue weighted by Crippen LogP contribution is 2.26. The summed E-state index contributed by atoms with van der Waals surface area (Å²) < 4.78 is 25.6. The molecule has 1 aromatic carbocycles. The average molecular weight is 504 g/mol. The topological polar surface area (TPSA) is 88.6 Å². The van der Waals surface area contributed by atoms with Gasteiger partial charge in [0.15, 0.2) is 0 Å². The van der Waals surface area contributed by atoms with Crippen LogP contribution in [0.1, 0.15) is 41.5 Å². The minimum absolute atomic E-state index is 0.0467. The maximum Gasteiger partial charge on any atom is 0.318 e. The average Bonchev–Trinajstić information content (AvgIpc) is 2.89. The Kier molecular flexibility index (Phi) is 7.77. The molecule has 5 rings (SSSR count). The van der Waals surface area contributed by atoms with Crippen molar-refractivity contribution in [1.29, 1.82) is 0 Å². The number of fused-ring (bicyclic) bond motifs is 1. The number of urea groups is 1. The zero-order chi connectivity index (χ0) is 24.2. The molecule has 2 atom stereocenters. The monoisotopic (exact) mass is 503 g/mol. The van der Waals surface area contributed by atoms with Crippen molar-refractivity contribution in [2.24, 2.45) is 5.92 Å². The first-order valence-corrected chi connectivity index (χ1v) is 12.7. The number of ether oxygens (including phenoxy) is 2. The summed E-state index contributed by atoms with van der Waals surface area (Å²) in [5.41, 5.74) is 2.60. The number of benzene rings is 1. The van der Waals surface area contributed by atoms with E-state index in [1.54, 1.807) is 11.0 Å². The van der Waals surface area contributed by atoms with Crippen LogP contribution in [0.25, 0.3) is 0 Å². The summed E-state index contributed by atoms with van der Waals surface area (Å²) in [5, 5.41) is 6.41. The zero-order valence-corrected chi connectivity index (χ0v) is 20.4. The number of hydrogen-bond acceptors (Lipinski definition) is 6. The Hall–Kier alpha value is -2.33. The van der Waals surface area contributed by atoms with Gasteiger partial charge < -0.3 is 25.0 Å². The second kappa shape index (κ2) is 11.2. The largest absolute Gasteiger partial charge is 0.381 e. The molecule has 35 heavy (non-hydrogen) atoms. The predicted molar refractivity (Wildman–Crippen MR) is 129 cm³/mol. The van der Waals surface area contributed by atoms with Gasteiger partial charge in [0.05, 0.1) is 36.0 Å². The molecule has 4 heterocycles. The Morgan fingerprint density at radius 3 is 2.94 bits per heavy atom. The fourth-order valence-corrected chi connectivity index (χ4v) is 5.06. The number of carbonyl (C=O) groups is 1. The number of nitrogens with one attached hydrogen (secondary N) is 2. The minimum Gasteiger partial charge on any atom is -0.381 e. The van der Waals surface area contributed by atoms with Crippen LogP contribution in [0.2, 0.25) is 5.02 Å². The molecule has 8 nitrogen and oxygen atoms in total. The van der Waals surface area contributed by atoms with Gasteiger partial charge in [-0.25, -0.2) is 19.2 Å². The molecule has 3 aliphatic heterocycles. The zero-order valence-electron chi connectivity index (χ0n) is 19.6. The maximum atomic E-state index is 14.2. The number of hydrogen-bond donors (Lipinski definition) is 2. The molecule has 188 valence electrons. The van der Waals surface area contributed by atoms with Crippen LogP contribution in [-0.4, -0.2) is 66.5 Å². The van der Waals surface area contributed by atoms with E-state index in [1.807, 2.05) is 6.20 Å². The molecule has 3 aliphatic rings. The van der Waals surface area contributed by atoms with E-state index in [4.69, 9.17) is 26.1 Å². The molecule has 10 heteroatoms. The summed E-state index contributed by atoms with van der Waals surface area (Å²) in [4.78, 5) is 24.5. The lowest BCUT2D eigenvalue weighted by atomic mass is 9.96. The Balaban J connectivity index is 1.29. The van der Waals surface area contributed by atoms with Crippen LogP contribution in [0.4, 0.5) is 9.18 Å². The highest BCUT2D eigenvalue weighted by molar-refractivity contribution is 6.30. The van der Waals surface area contributed by atoms with Crippen LogP contribution in [0.5, 0.6) is 0 Å². The number of halogens is 2. The number of amides is 2. The summed E-state index contributed by atoms with van der Waals surface area (Å²) in [7, 11) is 0. The second-order valence-corrected chi connectivity index (χ2v) is 9.81. The standard InChI is InChI=1S/C25H31ClFN5O3/c26-19-2-1-17(12-20(19)27)24(22-14-28-6-10-35-22)31-25(33)32-7-3-18-13-29-23(30-21(18)15-32)11-16-4-8-34-9-5-16/h1-2,12-13,16,22,24,28H,3-11,14-15H2,(H,31,33)/t22-,24-/m0/s1. The van der Waals surface area contributed by atoms with Crippen molar-refractivity contribution < 1.29 is 18.7 Å². The lowest BCUT2D eigenvalue weighted by Gasteiger charge is -2.35. The van der Waals surface area contributed by atoms with Gasteiger partial charge in [-0.15, -0.1) is 0 Å². The number of carbonyl (C=O) groups excluding carboxylic acids is 1. The van der Waals surface area contributed by atoms with Gasteiger partial charge in [0.2, 0.25) is 0 Å². The molecule has 2 fully saturated rings. The Labute approximate surface area is 209 Å². The maximum absolute atomic E-state index is 14.2. The van der Waals surface area contributed by atoms with E-state index in [-0.39, 0.29) is 17.2 Å². The molecule has 2 N–H and O–H groups in total. The van der Waals surface area contributed by atoms with Crippen LogP contribution in [0, 0.1) is 11.7 Å². The second-order valence-electron chi connectivity index (χ2n) is 9.40. The van der Waals surface area contributed by atoms with E-state index < -0.39 is 11.9 Å². The summed E-state index contributed by atoms with van der Waals surface area (Å²) in [5.74, 6) is 0.844. The van der Waals surface area contributed by atoms with Gasteiger partial charge in [-0.2, -0.15) is 0 Å². The number of morpholine rings is 1. The van der Waals surface area contributed by atoms with Crippen molar-refractivity contribution in [2.75, 3.05) is 39.5 Å². The van der Waals surface area contributed by atoms with E-state index in [0.717, 1.165) is 56.1 Å². The first kappa shape index (κ1) is 24.4. The van der Waals surface area contributed by atoms with Crippen molar-refractivity contribution in [3.8, 4) is 0 Å². The molecule has 2 saturated heterocycles. The quantitative estimate of drug-likeness (QED) is 0.652. The minimum atomic E-state index is -0.521. The highest BCUT2D eigenvalue weighted by Gasteiger charge is 2.31. The van der Waals surface area contributed by atoms with Crippen molar-refractivity contribution in [1.82, 2.24) is 25.5 Å². The van der Waals surface area contributed by atoms with Gasteiger partial charge in [-0.3, -0.25) is 0 Å². The summed E-state index contributed by atoms with van der Waals surface area (Å²) >= 11 is 5.89. The van der Waals surface area contributed by atoms with Crippen LogP contribution in [-0.2, 0) is 28.9 Å². The molecular weight excluding hydrogens is 473 g/mol. The normalized spacial score (nSPS) is 21.9. The third-order valence-electron chi connectivity index (χ3n) is 7.00. The van der Waals surface area contributed by atoms with Crippen molar-refractivity contribution in [3.05, 3.63) is 57.9 Å². The van der Waals surface area contributed by atoms with Crippen LogP contribution in [0.15, 0.2) is 24.4 Å². The van der Waals surface area contributed by atoms with E-state index >= 15 is 0 Å². The first-order chi connectivity index (χ1) is 17.1. The molecule has 0 unspecified atom stereocenters.